The maximum absolute atomic E-state index is 9.38. The second-order valence-corrected chi connectivity index (χ2v) is 6.07. The normalized spacial score (nSPS) is 29.9. The summed E-state index contributed by atoms with van der Waals surface area (Å²) in [6, 6.07) is 3.37. The number of hydrogen-bond acceptors (Lipinski definition) is 3. The van der Waals surface area contributed by atoms with Crippen LogP contribution in [0, 0.1) is 17.2 Å². The van der Waals surface area contributed by atoms with Crippen molar-refractivity contribution < 1.29 is 0 Å². The first-order valence-electron chi connectivity index (χ1n) is 6.81. The van der Waals surface area contributed by atoms with Crippen molar-refractivity contribution in [3.05, 3.63) is 0 Å². The SMILES string of the molecule is CC(C)NC(C)(C#N)CN1CCCC(C)C1C. The molecule has 98 valence electrons. The molecule has 0 aromatic rings. The Morgan fingerprint density at radius 3 is 2.65 bits per heavy atom. The summed E-state index contributed by atoms with van der Waals surface area (Å²) in [6.07, 6.45) is 2.58. The van der Waals surface area contributed by atoms with E-state index in [2.05, 4.69) is 44.0 Å². The molecule has 0 aromatic carbocycles. The van der Waals surface area contributed by atoms with E-state index in [1.807, 2.05) is 6.92 Å². The molecule has 0 aromatic heterocycles. The van der Waals surface area contributed by atoms with Crippen LogP contribution in [0.2, 0.25) is 0 Å². The van der Waals surface area contributed by atoms with E-state index < -0.39 is 5.54 Å². The first-order valence-corrected chi connectivity index (χ1v) is 6.81. The van der Waals surface area contributed by atoms with Crippen LogP contribution >= 0.6 is 0 Å². The van der Waals surface area contributed by atoms with Gasteiger partial charge in [-0.3, -0.25) is 10.2 Å². The standard InChI is InChI=1S/C14H27N3/c1-11(2)16-14(5,9-15)10-17-8-6-7-12(3)13(17)4/h11-13,16H,6-8,10H2,1-5H3. The average molecular weight is 237 g/mol. The third-order valence-electron chi connectivity index (χ3n) is 3.88. The average Bonchev–Trinajstić information content (AvgIpc) is 2.24. The molecule has 0 radical (unpaired) electrons. The molecule has 1 saturated heterocycles. The molecule has 17 heavy (non-hydrogen) atoms. The lowest BCUT2D eigenvalue weighted by molar-refractivity contribution is 0.0910. The lowest BCUT2D eigenvalue weighted by Gasteiger charge is -2.41. The molecular formula is C14H27N3. The molecule has 1 heterocycles. The van der Waals surface area contributed by atoms with Crippen molar-refractivity contribution in [2.24, 2.45) is 5.92 Å². The highest BCUT2D eigenvalue weighted by Crippen LogP contribution is 2.24. The van der Waals surface area contributed by atoms with Crippen LogP contribution < -0.4 is 5.32 Å². The third-order valence-corrected chi connectivity index (χ3v) is 3.88. The molecule has 0 aliphatic carbocycles. The number of nitriles is 1. The highest BCUT2D eigenvalue weighted by molar-refractivity contribution is 5.07. The molecule has 1 rings (SSSR count). The van der Waals surface area contributed by atoms with Crippen molar-refractivity contribution in [1.29, 1.82) is 5.26 Å². The molecule has 3 nitrogen and oxygen atoms in total. The molecule has 1 fully saturated rings. The largest absolute Gasteiger partial charge is 0.298 e. The Hall–Kier alpha value is -0.590. The van der Waals surface area contributed by atoms with Gasteiger partial charge in [-0.15, -0.1) is 0 Å². The predicted molar refractivity (Wildman–Crippen MR) is 71.7 cm³/mol. The van der Waals surface area contributed by atoms with E-state index in [0.29, 0.717) is 12.1 Å². The topological polar surface area (TPSA) is 39.1 Å². The molecule has 0 saturated carbocycles. The molecule has 3 unspecified atom stereocenters. The van der Waals surface area contributed by atoms with Crippen LogP contribution in [0.1, 0.15) is 47.5 Å². The highest BCUT2D eigenvalue weighted by atomic mass is 15.2. The van der Waals surface area contributed by atoms with E-state index in [4.69, 9.17) is 0 Å². The van der Waals surface area contributed by atoms with Crippen LogP contribution in [0.5, 0.6) is 0 Å². The molecule has 0 spiro atoms. The fourth-order valence-corrected chi connectivity index (χ4v) is 2.80. The molecule has 3 atom stereocenters. The maximum Gasteiger partial charge on any atom is 0.116 e. The molecule has 0 bridgehead atoms. The monoisotopic (exact) mass is 237 g/mol. The van der Waals surface area contributed by atoms with Crippen molar-refractivity contribution in [3.8, 4) is 6.07 Å². The minimum absolute atomic E-state index is 0.345. The van der Waals surface area contributed by atoms with Crippen LogP contribution in [0.3, 0.4) is 0 Å². The van der Waals surface area contributed by atoms with Gasteiger partial charge >= 0.3 is 0 Å². The van der Waals surface area contributed by atoms with E-state index in [-0.39, 0.29) is 0 Å². The fourth-order valence-electron chi connectivity index (χ4n) is 2.80. The first kappa shape index (κ1) is 14.5. The summed E-state index contributed by atoms with van der Waals surface area (Å²) in [6.45, 7) is 12.8. The van der Waals surface area contributed by atoms with Gasteiger partial charge in [-0.2, -0.15) is 5.26 Å². The Morgan fingerprint density at radius 1 is 1.47 bits per heavy atom. The summed E-state index contributed by atoms with van der Waals surface area (Å²) >= 11 is 0. The van der Waals surface area contributed by atoms with Crippen molar-refractivity contribution in [1.82, 2.24) is 10.2 Å². The summed E-state index contributed by atoms with van der Waals surface area (Å²) < 4.78 is 0. The number of likely N-dealkylation sites (tertiary alicyclic amines) is 1. The van der Waals surface area contributed by atoms with E-state index in [9.17, 15) is 5.26 Å². The molecule has 0 amide bonds. The van der Waals surface area contributed by atoms with E-state index in [0.717, 1.165) is 19.0 Å². The van der Waals surface area contributed by atoms with Gasteiger partial charge in [0, 0.05) is 18.6 Å². The summed E-state index contributed by atoms with van der Waals surface area (Å²) in [5.74, 6) is 0.741. The van der Waals surface area contributed by atoms with Gasteiger partial charge in [0.15, 0.2) is 0 Å². The second kappa shape index (κ2) is 5.84. The van der Waals surface area contributed by atoms with Crippen LogP contribution in [0.15, 0.2) is 0 Å². The Kier molecular flexibility index (Phi) is 4.97. The smallest absolute Gasteiger partial charge is 0.116 e. The summed E-state index contributed by atoms with van der Waals surface area (Å²) in [5, 5.41) is 12.8. The lowest BCUT2D eigenvalue weighted by Crippen LogP contribution is -2.56. The van der Waals surface area contributed by atoms with Crippen LogP contribution in [-0.2, 0) is 0 Å². The van der Waals surface area contributed by atoms with Crippen molar-refractivity contribution in [2.45, 2.75) is 65.1 Å². The van der Waals surface area contributed by atoms with Gasteiger partial charge in [0.25, 0.3) is 0 Å². The van der Waals surface area contributed by atoms with Crippen molar-refractivity contribution >= 4 is 0 Å². The van der Waals surface area contributed by atoms with Gasteiger partial charge < -0.3 is 0 Å². The van der Waals surface area contributed by atoms with Crippen LogP contribution in [-0.4, -0.2) is 35.6 Å². The molecule has 1 N–H and O–H groups in total. The number of nitrogens with zero attached hydrogens (tertiary/aromatic N) is 2. The zero-order chi connectivity index (χ0) is 13.1. The van der Waals surface area contributed by atoms with E-state index in [1.165, 1.54) is 12.8 Å². The summed E-state index contributed by atoms with van der Waals surface area (Å²) in [4.78, 5) is 2.47. The highest BCUT2D eigenvalue weighted by Gasteiger charge is 2.32. The Morgan fingerprint density at radius 2 is 2.12 bits per heavy atom. The number of nitrogens with one attached hydrogen (secondary N) is 1. The van der Waals surface area contributed by atoms with Crippen molar-refractivity contribution in [3.63, 3.8) is 0 Å². The molecule has 1 aliphatic heterocycles. The van der Waals surface area contributed by atoms with Gasteiger partial charge in [0.05, 0.1) is 6.07 Å². The minimum atomic E-state index is -0.431. The van der Waals surface area contributed by atoms with Crippen LogP contribution in [0.4, 0.5) is 0 Å². The second-order valence-electron chi connectivity index (χ2n) is 6.07. The van der Waals surface area contributed by atoms with E-state index in [1.54, 1.807) is 0 Å². The zero-order valence-corrected chi connectivity index (χ0v) is 12.0. The number of rotatable bonds is 4. The van der Waals surface area contributed by atoms with Crippen molar-refractivity contribution in [2.75, 3.05) is 13.1 Å². The van der Waals surface area contributed by atoms with Crippen LogP contribution in [0.25, 0.3) is 0 Å². The Labute approximate surface area is 106 Å². The van der Waals surface area contributed by atoms with Gasteiger partial charge in [0.2, 0.25) is 0 Å². The Balaban J connectivity index is 2.64. The van der Waals surface area contributed by atoms with E-state index >= 15 is 0 Å². The molecular weight excluding hydrogens is 210 g/mol. The predicted octanol–water partition coefficient (Wildman–Crippen LogP) is 2.39. The lowest BCUT2D eigenvalue weighted by atomic mass is 9.90. The molecule has 1 aliphatic rings. The first-order chi connectivity index (χ1) is 7.88. The quantitative estimate of drug-likeness (QED) is 0.816. The van der Waals surface area contributed by atoms with Gasteiger partial charge in [0.1, 0.15) is 5.54 Å². The van der Waals surface area contributed by atoms with Gasteiger partial charge in [-0.05, 0) is 53.0 Å². The summed E-state index contributed by atoms with van der Waals surface area (Å²) in [7, 11) is 0. The summed E-state index contributed by atoms with van der Waals surface area (Å²) in [5.41, 5.74) is -0.431. The van der Waals surface area contributed by atoms with Gasteiger partial charge in [-0.1, -0.05) is 6.92 Å². The minimum Gasteiger partial charge on any atom is -0.298 e. The fraction of sp³-hybridized carbons (Fsp3) is 0.929. The number of hydrogen-bond donors (Lipinski definition) is 1. The zero-order valence-electron chi connectivity index (χ0n) is 12.0. The van der Waals surface area contributed by atoms with Gasteiger partial charge in [-0.25, -0.2) is 0 Å². The molecule has 3 heteroatoms. The Bertz CT molecular complexity index is 282. The number of piperidine rings is 1. The third kappa shape index (κ3) is 3.97. The maximum atomic E-state index is 9.38.